The van der Waals surface area contributed by atoms with Gasteiger partial charge < -0.3 is 29.4 Å². The number of benzene rings is 1. The standard InChI is InChI=1S/C37H48N4O9S/c1-6-24-20-37(24,33(44)40-51(46,47)27-17-18-27)39-31(42)28-21-36(48-5,25-15-13-23(14-16-25)29-12-9-19-49-29)22-41(28)32(43)30(35(2,3)4)38-34(45)50-26-10-7-8-11-26/h6,9,12-16,19,24,26-28,30H,1,7-8,10-11,17-18,20-22H2,2-5H3,(H,38,45)(H,39,42)(H,40,44)/t24-,28+,30-,36+,37-/m1/s1. The molecule has 0 unspecified atom stereocenters. The monoisotopic (exact) mass is 724 g/mol. The van der Waals surface area contributed by atoms with Crippen LogP contribution in [0, 0.1) is 11.3 Å². The predicted octanol–water partition coefficient (Wildman–Crippen LogP) is 4.14. The molecule has 276 valence electrons. The summed E-state index contributed by atoms with van der Waals surface area (Å²) in [7, 11) is -2.39. The van der Waals surface area contributed by atoms with Crippen molar-refractivity contribution in [1.82, 2.24) is 20.3 Å². The van der Waals surface area contributed by atoms with Crippen LogP contribution in [-0.4, -0.2) is 79.8 Å². The van der Waals surface area contributed by atoms with Crippen LogP contribution in [0.2, 0.25) is 0 Å². The summed E-state index contributed by atoms with van der Waals surface area (Å²) in [5.41, 5.74) is -1.97. The van der Waals surface area contributed by atoms with Gasteiger partial charge in [0, 0.05) is 25.0 Å². The second-order valence-corrected chi connectivity index (χ2v) is 17.3. The minimum Gasteiger partial charge on any atom is -0.464 e. The van der Waals surface area contributed by atoms with Crippen LogP contribution >= 0.6 is 0 Å². The first-order valence-corrected chi connectivity index (χ1v) is 19.1. The Kier molecular flexibility index (Phi) is 9.88. The second kappa shape index (κ2) is 13.8. The first-order valence-electron chi connectivity index (χ1n) is 17.6. The first-order chi connectivity index (χ1) is 24.1. The Morgan fingerprint density at radius 3 is 2.27 bits per heavy atom. The van der Waals surface area contributed by atoms with Crippen molar-refractivity contribution in [2.75, 3.05) is 13.7 Å². The molecule has 2 aromatic rings. The Morgan fingerprint density at radius 2 is 1.73 bits per heavy atom. The summed E-state index contributed by atoms with van der Waals surface area (Å²) in [5, 5.41) is 4.97. The lowest BCUT2D eigenvalue weighted by atomic mass is 9.85. The SMILES string of the molecule is C=C[C@@H]1C[C@]1(NC(=O)[C@@H]1C[C@@](OC)(c2ccc(-c3ccco3)cc2)CN1C(=O)[C@@H](NC(=O)OC1CCCC1)C(C)(C)C)C(=O)NS(=O)(=O)C1CC1. The number of hydrogen-bond acceptors (Lipinski definition) is 9. The van der Waals surface area contributed by atoms with E-state index >= 15 is 0 Å². The maximum Gasteiger partial charge on any atom is 0.408 e. The lowest BCUT2D eigenvalue weighted by molar-refractivity contribution is -0.143. The zero-order valence-electron chi connectivity index (χ0n) is 29.6. The zero-order chi connectivity index (χ0) is 36.8. The van der Waals surface area contributed by atoms with Crippen molar-refractivity contribution in [1.29, 1.82) is 0 Å². The molecule has 4 fully saturated rings. The Hall–Kier alpha value is -4.17. The van der Waals surface area contributed by atoms with Gasteiger partial charge in [-0.15, -0.1) is 6.58 Å². The molecule has 13 nitrogen and oxygen atoms in total. The molecule has 14 heteroatoms. The molecule has 0 radical (unpaired) electrons. The van der Waals surface area contributed by atoms with Crippen molar-refractivity contribution in [2.24, 2.45) is 11.3 Å². The third-order valence-electron chi connectivity index (χ3n) is 10.7. The molecular weight excluding hydrogens is 676 g/mol. The van der Waals surface area contributed by atoms with E-state index in [0.717, 1.165) is 31.2 Å². The Morgan fingerprint density at radius 1 is 1.04 bits per heavy atom. The predicted molar refractivity (Wildman–Crippen MR) is 187 cm³/mol. The van der Waals surface area contributed by atoms with Gasteiger partial charge in [-0.2, -0.15) is 0 Å². The number of furan rings is 1. The quantitative estimate of drug-likeness (QED) is 0.272. The van der Waals surface area contributed by atoms with Crippen molar-refractivity contribution >= 4 is 33.8 Å². The number of likely N-dealkylation sites (tertiary alicyclic amines) is 1. The lowest BCUT2D eigenvalue weighted by Gasteiger charge is -2.36. The van der Waals surface area contributed by atoms with Crippen molar-refractivity contribution in [3.8, 4) is 11.3 Å². The van der Waals surface area contributed by atoms with E-state index in [1.54, 1.807) is 12.3 Å². The first kappa shape index (κ1) is 36.6. The van der Waals surface area contributed by atoms with Gasteiger partial charge >= 0.3 is 6.09 Å². The van der Waals surface area contributed by atoms with Gasteiger partial charge in [0.2, 0.25) is 21.8 Å². The van der Waals surface area contributed by atoms with E-state index in [0.29, 0.717) is 24.2 Å². The number of nitrogens with one attached hydrogen (secondary N) is 3. The van der Waals surface area contributed by atoms with Crippen LogP contribution < -0.4 is 15.4 Å². The number of sulfonamides is 1. The summed E-state index contributed by atoms with van der Waals surface area (Å²) >= 11 is 0. The van der Waals surface area contributed by atoms with Crippen LogP contribution in [0.4, 0.5) is 4.79 Å². The molecule has 4 aliphatic rings. The maximum absolute atomic E-state index is 14.7. The van der Waals surface area contributed by atoms with Gasteiger partial charge in [-0.05, 0) is 68.1 Å². The number of ether oxygens (including phenoxy) is 2. The highest BCUT2D eigenvalue weighted by Gasteiger charge is 2.62. The normalized spacial score (nSPS) is 27.0. The number of hydrogen-bond donors (Lipinski definition) is 3. The molecule has 5 atom stereocenters. The van der Waals surface area contributed by atoms with Gasteiger partial charge in [0.05, 0.1) is 18.1 Å². The average Bonchev–Trinajstić information content (AvgIpc) is 3.84. The number of alkyl carbamates (subject to hydrolysis) is 1. The second-order valence-electron chi connectivity index (χ2n) is 15.4. The van der Waals surface area contributed by atoms with E-state index in [4.69, 9.17) is 13.9 Å². The molecule has 1 aromatic heterocycles. The minimum atomic E-state index is -3.90. The summed E-state index contributed by atoms with van der Waals surface area (Å²) in [4.78, 5) is 57.1. The van der Waals surface area contributed by atoms with Gasteiger partial charge in [-0.1, -0.05) is 51.1 Å². The van der Waals surface area contributed by atoms with Gasteiger partial charge in [0.15, 0.2) is 0 Å². The molecule has 3 saturated carbocycles. The highest BCUT2D eigenvalue weighted by atomic mass is 32.2. The van der Waals surface area contributed by atoms with Crippen LogP contribution in [0.1, 0.15) is 77.7 Å². The van der Waals surface area contributed by atoms with E-state index in [1.165, 1.54) is 18.1 Å². The Bertz CT molecular complexity index is 1760. The Labute approximate surface area is 298 Å². The molecule has 1 saturated heterocycles. The fourth-order valence-electron chi connectivity index (χ4n) is 7.34. The van der Waals surface area contributed by atoms with Crippen LogP contribution in [-0.2, 0) is 39.5 Å². The largest absolute Gasteiger partial charge is 0.464 e. The molecule has 51 heavy (non-hydrogen) atoms. The number of carbonyl (C=O) groups excluding carboxylic acids is 4. The molecular formula is C37H48N4O9S. The molecule has 0 bridgehead atoms. The molecule has 0 spiro atoms. The summed E-state index contributed by atoms with van der Waals surface area (Å²) in [5.74, 6) is -1.86. The molecule has 6 rings (SSSR count). The highest BCUT2D eigenvalue weighted by Crippen LogP contribution is 2.47. The number of carbonyl (C=O) groups is 4. The third kappa shape index (κ3) is 7.43. The van der Waals surface area contributed by atoms with Crippen LogP contribution in [0.15, 0.2) is 59.7 Å². The van der Waals surface area contributed by atoms with Gasteiger partial charge in [0.25, 0.3) is 5.91 Å². The highest BCUT2D eigenvalue weighted by molar-refractivity contribution is 7.91. The summed E-state index contributed by atoms with van der Waals surface area (Å²) < 4.78 is 44.9. The van der Waals surface area contributed by atoms with Crippen LogP contribution in [0.5, 0.6) is 0 Å². The maximum atomic E-state index is 14.7. The van der Waals surface area contributed by atoms with Crippen molar-refractivity contribution < 1.29 is 41.5 Å². The van der Waals surface area contributed by atoms with E-state index < -0.39 is 73.6 Å². The number of amides is 4. The van der Waals surface area contributed by atoms with Crippen molar-refractivity contribution in [2.45, 2.75) is 107 Å². The van der Waals surface area contributed by atoms with Gasteiger partial charge in [-0.3, -0.25) is 19.1 Å². The third-order valence-corrected chi connectivity index (χ3v) is 12.5. The molecule has 1 aliphatic heterocycles. The van der Waals surface area contributed by atoms with Gasteiger partial charge in [0.1, 0.15) is 35.1 Å². The molecule has 3 aliphatic carbocycles. The topological polar surface area (TPSA) is 173 Å². The summed E-state index contributed by atoms with van der Waals surface area (Å²) in [6.45, 7) is 9.17. The van der Waals surface area contributed by atoms with E-state index in [2.05, 4.69) is 21.9 Å². The molecule has 2 heterocycles. The van der Waals surface area contributed by atoms with E-state index in [9.17, 15) is 27.6 Å². The fourth-order valence-corrected chi connectivity index (χ4v) is 8.70. The van der Waals surface area contributed by atoms with Crippen molar-refractivity contribution in [3.05, 3.63) is 60.9 Å². The number of methoxy groups -OCH3 is 1. The number of rotatable bonds is 12. The van der Waals surface area contributed by atoms with Crippen molar-refractivity contribution in [3.63, 3.8) is 0 Å². The Balaban J connectivity index is 1.31. The van der Waals surface area contributed by atoms with E-state index in [1.807, 2.05) is 51.1 Å². The van der Waals surface area contributed by atoms with Crippen LogP contribution in [0.3, 0.4) is 0 Å². The van der Waals surface area contributed by atoms with Crippen LogP contribution in [0.25, 0.3) is 11.3 Å². The van der Waals surface area contributed by atoms with Gasteiger partial charge in [-0.25, -0.2) is 13.2 Å². The average molecular weight is 725 g/mol. The zero-order valence-corrected chi connectivity index (χ0v) is 30.4. The molecule has 3 N–H and O–H groups in total. The smallest absolute Gasteiger partial charge is 0.408 e. The lowest BCUT2D eigenvalue weighted by Crippen LogP contribution is -2.60. The summed E-state index contributed by atoms with van der Waals surface area (Å²) in [6.07, 6.45) is 6.69. The molecule has 4 amide bonds. The molecule has 1 aromatic carbocycles. The fraction of sp³-hybridized carbons (Fsp3) is 0.568. The van der Waals surface area contributed by atoms with E-state index in [-0.39, 0.29) is 25.5 Å². The summed E-state index contributed by atoms with van der Waals surface area (Å²) in [6, 6.07) is 8.83. The minimum absolute atomic E-state index is 0.0153. The number of nitrogens with zero attached hydrogens (tertiary/aromatic N) is 1.